The number of aromatic nitrogens is 1. The molecule has 94 valence electrons. The third-order valence-electron chi connectivity index (χ3n) is 2.61. The molecule has 0 fully saturated rings. The van der Waals surface area contributed by atoms with E-state index in [0.717, 1.165) is 11.8 Å². The van der Waals surface area contributed by atoms with Gasteiger partial charge >= 0.3 is 0 Å². The molecular formula is C13H8ClN3O2. The van der Waals surface area contributed by atoms with E-state index in [9.17, 15) is 15.4 Å². The summed E-state index contributed by atoms with van der Waals surface area (Å²) in [6.45, 7) is 0. The molecule has 0 aliphatic heterocycles. The third kappa shape index (κ3) is 2.87. The second-order valence-corrected chi connectivity index (χ2v) is 4.25. The van der Waals surface area contributed by atoms with Crippen LogP contribution in [0.3, 0.4) is 0 Å². The number of pyridine rings is 1. The lowest BCUT2D eigenvalue weighted by molar-refractivity contribution is -0.385. The van der Waals surface area contributed by atoms with Gasteiger partial charge in [0.25, 0.3) is 5.69 Å². The molecule has 2 rings (SSSR count). The Hall–Kier alpha value is -2.45. The summed E-state index contributed by atoms with van der Waals surface area (Å²) in [6.07, 6.45) is 1.15. The van der Waals surface area contributed by atoms with Crippen LogP contribution < -0.4 is 0 Å². The van der Waals surface area contributed by atoms with E-state index in [4.69, 9.17) is 11.6 Å². The van der Waals surface area contributed by atoms with Gasteiger partial charge in [-0.1, -0.05) is 23.7 Å². The Morgan fingerprint density at radius 1 is 1.26 bits per heavy atom. The molecule has 1 unspecified atom stereocenters. The smallest absolute Gasteiger partial charge is 0.258 e. The molecule has 0 bridgehead atoms. The van der Waals surface area contributed by atoms with Crippen LogP contribution in [-0.2, 0) is 0 Å². The van der Waals surface area contributed by atoms with Crippen LogP contribution in [0.15, 0.2) is 42.6 Å². The van der Waals surface area contributed by atoms with Gasteiger partial charge in [0.1, 0.15) is 12.1 Å². The lowest BCUT2D eigenvalue weighted by atomic mass is 9.97. The summed E-state index contributed by atoms with van der Waals surface area (Å²) in [5.41, 5.74) is 1.11. The van der Waals surface area contributed by atoms with E-state index in [-0.39, 0.29) is 5.69 Å². The second-order valence-electron chi connectivity index (χ2n) is 3.81. The fraction of sp³-hybridized carbons (Fsp3) is 0.0769. The van der Waals surface area contributed by atoms with Crippen LogP contribution in [0.1, 0.15) is 17.2 Å². The minimum atomic E-state index is -0.571. The summed E-state index contributed by atoms with van der Waals surface area (Å²) in [7, 11) is 0. The van der Waals surface area contributed by atoms with Crippen LogP contribution >= 0.6 is 11.6 Å². The maximum absolute atomic E-state index is 10.5. The van der Waals surface area contributed by atoms with E-state index >= 15 is 0 Å². The van der Waals surface area contributed by atoms with Crippen molar-refractivity contribution in [2.45, 2.75) is 5.92 Å². The van der Waals surface area contributed by atoms with Gasteiger partial charge in [0.05, 0.1) is 16.7 Å². The number of benzene rings is 1. The molecule has 0 saturated carbocycles. The molecule has 1 atom stereocenters. The molecule has 19 heavy (non-hydrogen) atoms. The largest absolute Gasteiger partial charge is 0.287 e. The van der Waals surface area contributed by atoms with Gasteiger partial charge in [-0.25, -0.2) is 0 Å². The Morgan fingerprint density at radius 3 is 2.42 bits per heavy atom. The maximum Gasteiger partial charge on any atom is 0.287 e. The van der Waals surface area contributed by atoms with Gasteiger partial charge in [-0.2, -0.15) is 5.26 Å². The van der Waals surface area contributed by atoms with E-state index < -0.39 is 10.8 Å². The lowest BCUT2D eigenvalue weighted by Crippen LogP contribution is -2.01. The normalized spacial score (nSPS) is 11.6. The first-order valence-electron chi connectivity index (χ1n) is 5.37. The van der Waals surface area contributed by atoms with E-state index in [2.05, 4.69) is 11.1 Å². The quantitative estimate of drug-likeness (QED) is 0.635. The average Bonchev–Trinajstić information content (AvgIpc) is 2.42. The zero-order chi connectivity index (χ0) is 13.8. The van der Waals surface area contributed by atoms with Crippen molar-refractivity contribution < 1.29 is 4.92 Å². The Bertz CT molecular complexity index is 632. The molecule has 5 nitrogen and oxygen atoms in total. The summed E-state index contributed by atoms with van der Waals surface area (Å²) in [5, 5.41) is 20.3. The van der Waals surface area contributed by atoms with E-state index in [1.165, 1.54) is 12.1 Å². The minimum Gasteiger partial charge on any atom is -0.258 e. The van der Waals surface area contributed by atoms with Crippen molar-refractivity contribution >= 4 is 17.3 Å². The highest BCUT2D eigenvalue weighted by Gasteiger charge is 2.16. The fourth-order valence-corrected chi connectivity index (χ4v) is 1.77. The van der Waals surface area contributed by atoms with Crippen LogP contribution in [-0.4, -0.2) is 9.91 Å². The van der Waals surface area contributed by atoms with Gasteiger partial charge in [0.2, 0.25) is 0 Å². The number of nitrogens with zero attached hydrogens (tertiary/aromatic N) is 3. The molecule has 1 aromatic heterocycles. The topological polar surface area (TPSA) is 79.8 Å². The van der Waals surface area contributed by atoms with Gasteiger partial charge in [0, 0.05) is 11.1 Å². The predicted octanol–water partition coefficient (Wildman–Crippen LogP) is 3.30. The van der Waals surface area contributed by atoms with Gasteiger partial charge < -0.3 is 0 Å². The van der Waals surface area contributed by atoms with Gasteiger partial charge in [-0.3, -0.25) is 15.1 Å². The molecule has 0 saturated heterocycles. The Morgan fingerprint density at radius 2 is 1.95 bits per heavy atom. The Labute approximate surface area is 114 Å². The van der Waals surface area contributed by atoms with Crippen LogP contribution in [0.25, 0.3) is 0 Å². The van der Waals surface area contributed by atoms with Gasteiger partial charge in [-0.15, -0.1) is 0 Å². The Balaban J connectivity index is 2.35. The fourth-order valence-electron chi connectivity index (χ4n) is 1.64. The summed E-state index contributed by atoms with van der Waals surface area (Å²) < 4.78 is 0. The van der Waals surface area contributed by atoms with Crippen LogP contribution in [0, 0.1) is 21.4 Å². The van der Waals surface area contributed by atoms with Crippen molar-refractivity contribution in [1.82, 2.24) is 4.98 Å². The third-order valence-corrected chi connectivity index (χ3v) is 2.86. The molecule has 0 spiro atoms. The van der Waals surface area contributed by atoms with Crippen molar-refractivity contribution in [3.05, 3.63) is 69.0 Å². The monoisotopic (exact) mass is 273 g/mol. The molecule has 6 heteroatoms. The molecule has 0 N–H and O–H groups in total. The molecule has 0 aliphatic rings. The number of nitro groups is 1. The number of nitriles is 1. The zero-order valence-corrected chi connectivity index (χ0v) is 10.4. The highest BCUT2D eigenvalue weighted by molar-refractivity contribution is 6.30. The number of rotatable bonds is 3. The minimum absolute atomic E-state index is 0.100. The van der Waals surface area contributed by atoms with Crippen LogP contribution in [0.4, 0.5) is 5.69 Å². The van der Waals surface area contributed by atoms with Crippen molar-refractivity contribution in [1.29, 1.82) is 5.26 Å². The Kier molecular flexibility index (Phi) is 3.74. The van der Waals surface area contributed by atoms with E-state index in [0.29, 0.717) is 10.7 Å². The zero-order valence-electron chi connectivity index (χ0n) is 9.65. The highest BCUT2D eigenvalue weighted by atomic mass is 35.5. The number of halogens is 1. The molecule has 1 heterocycles. The van der Waals surface area contributed by atoms with Crippen molar-refractivity contribution in [3.8, 4) is 6.07 Å². The van der Waals surface area contributed by atoms with E-state index in [1.807, 2.05) is 0 Å². The highest BCUT2D eigenvalue weighted by Crippen LogP contribution is 2.24. The first-order chi connectivity index (χ1) is 9.11. The molecule has 1 aromatic carbocycles. The lowest BCUT2D eigenvalue weighted by Gasteiger charge is -2.08. The van der Waals surface area contributed by atoms with Gasteiger partial charge in [0.15, 0.2) is 0 Å². The van der Waals surface area contributed by atoms with Crippen LogP contribution in [0.5, 0.6) is 0 Å². The molecule has 2 aromatic rings. The first-order valence-corrected chi connectivity index (χ1v) is 5.75. The predicted molar refractivity (Wildman–Crippen MR) is 69.8 cm³/mol. The van der Waals surface area contributed by atoms with Gasteiger partial charge in [-0.05, 0) is 23.8 Å². The standard InChI is InChI=1S/C13H8ClN3O2/c14-10-3-1-9(2-4-10)12(7-15)13-6-5-11(8-16-13)17(18)19/h1-6,8,12H. The van der Waals surface area contributed by atoms with Crippen molar-refractivity contribution in [3.63, 3.8) is 0 Å². The summed E-state index contributed by atoms with van der Waals surface area (Å²) in [6, 6.07) is 11.8. The molecule has 0 amide bonds. The van der Waals surface area contributed by atoms with Crippen molar-refractivity contribution in [2.75, 3.05) is 0 Å². The number of hydrogen-bond acceptors (Lipinski definition) is 4. The summed E-state index contributed by atoms with van der Waals surface area (Å²) in [5.74, 6) is -0.571. The maximum atomic E-state index is 10.5. The summed E-state index contributed by atoms with van der Waals surface area (Å²) >= 11 is 5.79. The average molecular weight is 274 g/mol. The van der Waals surface area contributed by atoms with E-state index in [1.54, 1.807) is 24.3 Å². The molecule has 0 radical (unpaired) electrons. The second kappa shape index (κ2) is 5.46. The molecule has 0 aliphatic carbocycles. The number of hydrogen-bond donors (Lipinski definition) is 0. The van der Waals surface area contributed by atoms with Crippen LogP contribution in [0.2, 0.25) is 5.02 Å². The SMILES string of the molecule is N#CC(c1ccc(Cl)cc1)c1ccc([N+](=O)[O-])cn1. The summed E-state index contributed by atoms with van der Waals surface area (Å²) in [4.78, 5) is 14.0. The molecular weight excluding hydrogens is 266 g/mol. The van der Waals surface area contributed by atoms with Crippen molar-refractivity contribution in [2.24, 2.45) is 0 Å². The first kappa shape index (κ1) is 13.0.